The van der Waals surface area contributed by atoms with E-state index in [0.29, 0.717) is 19.1 Å². The normalized spacial score (nSPS) is 23.6. The topological polar surface area (TPSA) is 32.8 Å². The molecule has 2 aliphatic rings. The van der Waals surface area contributed by atoms with E-state index in [2.05, 4.69) is 11.5 Å². The van der Waals surface area contributed by atoms with Crippen molar-refractivity contribution in [3.8, 4) is 0 Å². The fraction of sp³-hybridized carbons (Fsp3) is 0.769. The van der Waals surface area contributed by atoms with Crippen molar-refractivity contribution in [3.05, 3.63) is 12.7 Å². The number of piperidine rings is 1. The van der Waals surface area contributed by atoms with Gasteiger partial charge >= 0.3 is 0 Å². The third-order valence-corrected chi connectivity index (χ3v) is 3.65. The molecule has 2 rings (SSSR count). The molecule has 0 saturated carbocycles. The lowest BCUT2D eigenvalue weighted by atomic mass is 9.95. The number of hydrogen-bond acceptors (Lipinski definition) is 3. The largest absolute Gasteiger partial charge is 0.378 e. The third kappa shape index (κ3) is 3.30. The van der Waals surface area contributed by atoms with Gasteiger partial charge in [-0.2, -0.15) is 0 Å². The first-order valence-corrected chi connectivity index (χ1v) is 6.51. The van der Waals surface area contributed by atoms with Crippen LogP contribution < -0.4 is 0 Å². The molecule has 0 radical (unpaired) electrons. The average molecular weight is 238 g/mol. The SMILES string of the molecule is C=CCN1CCC(C(=O)N2CCOCC2)CC1. The molecule has 0 spiro atoms. The van der Waals surface area contributed by atoms with Gasteiger partial charge in [-0.15, -0.1) is 6.58 Å². The highest BCUT2D eigenvalue weighted by Crippen LogP contribution is 2.20. The lowest BCUT2D eigenvalue weighted by Gasteiger charge is -2.35. The summed E-state index contributed by atoms with van der Waals surface area (Å²) < 4.78 is 5.27. The van der Waals surface area contributed by atoms with Gasteiger partial charge in [-0.25, -0.2) is 0 Å². The number of morpholine rings is 1. The second-order valence-corrected chi connectivity index (χ2v) is 4.80. The molecular formula is C13H22N2O2. The van der Waals surface area contributed by atoms with Gasteiger partial charge in [-0.05, 0) is 25.9 Å². The zero-order valence-electron chi connectivity index (χ0n) is 10.4. The second-order valence-electron chi connectivity index (χ2n) is 4.80. The fourth-order valence-corrected chi connectivity index (χ4v) is 2.59. The Hall–Kier alpha value is -0.870. The van der Waals surface area contributed by atoms with E-state index in [1.54, 1.807) is 0 Å². The van der Waals surface area contributed by atoms with Gasteiger partial charge in [-0.3, -0.25) is 9.69 Å². The number of hydrogen-bond donors (Lipinski definition) is 0. The lowest BCUT2D eigenvalue weighted by molar-refractivity contribution is -0.141. The number of rotatable bonds is 3. The molecule has 0 aromatic heterocycles. The minimum atomic E-state index is 0.231. The van der Waals surface area contributed by atoms with E-state index < -0.39 is 0 Å². The van der Waals surface area contributed by atoms with Gasteiger partial charge < -0.3 is 9.64 Å². The first kappa shape index (κ1) is 12.6. The molecule has 0 aromatic carbocycles. The van der Waals surface area contributed by atoms with Crippen molar-refractivity contribution in [2.24, 2.45) is 5.92 Å². The molecule has 0 atom stereocenters. The summed E-state index contributed by atoms with van der Waals surface area (Å²) in [5.74, 6) is 0.570. The van der Waals surface area contributed by atoms with E-state index in [1.807, 2.05) is 11.0 Å². The Morgan fingerprint density at radius 3 is 2.47 bits per heavy atom. The molecule has 1 amide bonds. The summed E-state index contributed by atoms with van der Waals surface area (Å²) in [6.45, 7) is 9.67. The maximum absolute atomic E-state index is 12.2. The molecule has 0 bridgehead atoms. The molecule has 2 fully saturated rings. The maximum atomic E-state index is 12.2. The molecule has 2 aliphatic heterocycles. The highest BCUT2D eigenvalue weighted by atomic mass is 16.5. The van der Waals surface area contributed by atoms with Gasteiger partial charge in [0.05, 0.1) is 13.2 Å². The Balaban J connectivity index is 1.79. The van der Waals surface area contributed by atoms with Gasteiger partial charge in [0.25, 0.3) is 0 Å². The van der Waals surface area contributed by atoms with E-state index in [4.69, 9.17) is 4.74 Å². The molecule has 0 N–H and O–H groups in total. The van der Waals surface area contributed by atoms with Crippen molar-refractivity contribution < 1.29 is 9.53 Å². The first-order valence-electron chi connectivity index (χ1n) is 6.51. The van der Waals surface area contributed by atoms with Crippen LogP contribution in [-0.2, 0) is 9.53 Å². The Bertz CT molecular complexity index is 267. The summed E-state index contributed by atoms with van der Waals surface area (Å²) >= 11 is 0. The summed E-state index contributed by atoms with van der Waals surface area (Å²) in [5.41, 5.74) is 0. The highest BCUT2D eigenvalue weighted by Gasteiger charge is 2.28. The number of carbonyl (C=O) groups is 1. The zero-order chi connectivity index (χ0) is 12.1. The Morgan fingerprint density at radius 2 is 1.88 bits per heavy atom. The zero-order valence-corrected chi connectivity index (χ0v) is 10.4. The number of likely N-dealkylation sites (tertiary alicyclic amines) is 1. The van der Waals surface area contributed by atoms with Crippen molar-refractivity contribution in [3.63, 3.8) is 0 Å². The fourth-order valence-electron chi connectivity index (χ4n) is 2.59. The molecule has 2 heterocycles. The Morgan fingerprint density at radius 1 is 1.24 bits per heavy atom. The molecule has 4 nitrogen and oxygen atoms in total. The molecule has 4 heteroatoms. The minimum Gasteiger partial charge on any atom is -0.378 e. The minimum absolute atomic E-state index is 0.231. The van der Waals surface area contributed by atoms with E-state index in [9.17, 15) is 4.79 Å². The van der Waals surface area contributed by atoms with Crippen molar-refractivity contribution in [1.82, 2.24) is 9.80 Å². The van der Waals surface area contributed by atoms with Gasteiger partial charge in [0.2, 0.25) is 5.91 Å². The van der Waals surface area contributed by atoms with Gasteiger partial charge in [0, 0.05) is 25.6 Å². The molecule has 0 aromatic rings. The van der Waals surface area contributed by atoms with Crippen molar-refractivity contribution in [2.75, 3.05) is 45.9 Å². The van der Waals surface area contributed by atoms with Crippen LogP contribution >= 0.6 is 0 Å². The second kappa shape index (κ2) is 6.17. The lowest BCUT2D eigenvalue weighted by Crippen LogP contribution is -2.46. The predicted octanol–water partition coefficient (Wildman–Crippen LogP) is 0.743. The summed E-state index contributed by atoms with van der Waals surface area (Å²) in [4.78, 5) is 16.6. The van der Waals surface area contributed by atoms with Crippen molar-refractivity contribution in [2.45, 2.75) is 12.8 Å². The summed E-state index contributed by atoms with van der Waals surface area (Å²) in [7, 11) is 0. The molecule has 0 aliphatic carbocycles. The van der Waals surface area contributed by atoms with Crippen LogP contribution in [-0.4, -0.2) is 61.6 Å². The van der Waals surface area contributed by atoms with Crippen LogP contribution in [0.15, 0.2) is 12.7 Å². The predicted molar refractivity (Wildman–Crippen MR) is 66.8 cm³/mol. The maximum Gasteiger partial charge on any atom is 0.225 e. The summed E-state index contributed by atoms with van der Waals surface area (Å²) in [6, 6.07) is 0. The van der Waals surface area contributed by atoms with E-state index in [1.165, 1.54) is 0 Å². The molecule has 2 saturated heterocycles. The smallest absolute Gasteiger partial charge is 0.225 e. The number of ether oxygens (including phenoxy) is 1. The molecule has 0 unspecified atom stereocenters. The van der Waals surface area contributed by atoms with Crippen LogP contribution in [0.1, 0.15) is 12.8 Å². The van der Waals surface area contributed by atoms with Crippen LogP contribution in [0.4, 0.5) is 0 Å². The summed E-state index contributed by atoms with van der Waals surface area (Å²) in [5, 5.41) is 0. The number of carbonyl (C=O) groups excluding carboxylic acids is 1. The van der Waals surface area contributed by atoms with Crippen LogP contribution in [0.5, 0.6) is 0 Å². The van der Waals surface area contributed by atoms with Gasteiger partial charge in [0.15, 0.2) is 0 Å². The molecule has 17 heavy (non-hydrogen) atoms. The quantitative estimate of drug-likeness (QED) is 0.680. The third-order valence-electron chi connectivity index (χ3n) is 3.65. The molecule has 96 valence electrons. The van der Waals surface area contributed by atoms with E-state index in [-0.39, 0.29) is 5.92 Å². The van der Waals surface area contributed by atoms with Gasteiger partial charge in [-0.1, -0.05) is 6.08 Å². The first-order chi connectivity index (χ1) is 8.31. The average Bonchev–Trinajstić information content (AvgIpc) is 2.40. The molecular weight excluding hydrogens is 216 g/mol. The van der Waals surface area contributed by atoms with Crippen LogP contribution in [0, 0.1) is 5.92 Å². The van der Waals surface area contributed by atoms with Crippen molar-refractivity contribution in [1.29, 1.82) is 0 Å². The van der Waals surface area contributed by atoms with Crippen molar-refractivity contribution >= 4 is 5.91 Å². The Kier molecular flexibility index (Phi) is 4.57. The highest BCUT2D eigenvalue weighted by molar-refractivity contribution is 5.79. The Labute approximate surface area is 103 Å². The summed E-state index contributed by atoms with van der Waals surface area (Å²) in [6.07, 6.45) is 3.91. The standard InChI is InChI=1S/C13H22N2O2/c1-2-5-14-6-3-12(4-7-14)13(16)15-8-10-17-11-9-15/h2,12H,1,3-11H2. The van der Waals surface area contributed by atoms with E-state index >= 15 is 0 Å². The number of nitrogens with zero attached hydrogens (tertiary/aromatic N) is 2. The van der Waals surface area contributed by atoms with Crippen LogP contribution in [0.3, 0.4) is 0 Å². The van der Waals surface area contributed by atoms with Gasteiger partial charge in [0.1, 0.15) is 0 Å². The van der Waals surface area contributed by atoms with Crippen LogP contribution in [0.25, 0.3) is 0 Å². The monoisotopic (exact) mass is 238 g/mol. The number of amides is 1. The van der Waals surface area contributed by atoms with E-state index in [0.717, 1.165) is 45.6 Å². The van der Waals surface area contributed by atoms with Crippen LogP contribution in [0.2, 0.25) is 0 Å².